The molecule has 1 heterocycles. The lowest BCUT2D eigenvalue weighted by Gasteiger charge is -2.59. The molecule has 62 heavy (non-hydrogen) atoms. The molecule has 11 nitrogen and oxygen atoms in total. The predicted molar refractivity (Wildman–Crippen MR) is 244 cm³/mol. The van der Waals surface area contributed by atoms with Gasteiger partial charge in [-0.15, -0.1) is 6.58 Å². The van der Waals surface area contributed by atoms with Crippen LogP contribution in [0.1, 0.15) is 151 Å². The number of ether oxygens (including phenoxy) is 4. The Bertz CT molecular complexity index is 1760. The van der Waals surface area contributed by atoms with Crippen molar-refractivity contribution in [3.63, 3.8) is 0 Å². The summed E-state index contributed by atoms with van der Waals surface area (Å²) in [5, 5.41) is 24.5. The number of carbonyl (C=O) groups is 2. The maximum absolute atomic E-state index is 14.4. The molecule has 1 fully saturated rings. The smallest absolute Gasteiger partial charge is 0.410 e. The maximum atomic E-state index is 14.4. The van der Waals surface area contributed by atoms with Gasteiger partial charge in [-0.1, -0.05) is 114 Å². The molecule has 2 aliphatic carbocycles. The van der Waals surface area contributed by atoms with Crippen molar-refractivity contribution >= 4 is 18.1 Å². The number of rotatable bonds is 29. The van der Waals surface area contributed by atoms with Crippen LogP contribution in [0.15, 0.2) is 71.9 Å². The Hall–Kier alpha value is -4.19. The van der Waals surface area contributed by atoms with Crippen molar-refractivity contribution in [2.75, 3.05) is 40.1 Å². The highest BCUT2D eigenvalue weighted by Crippen LogP contribution is 2.62. The summed E-state index contributed by atoms with van der Waals surface area (Å²) >= 11 is 0. The fourth-order valence-electron chi connectivity index (χ4n) is 10.1. The van der Waals surface area contributed by atoms with Gasteiger partial charge in [-0.05, 0) is 86.3 Å². The van der Waals surface area contributed by atoms with Crippen LogP contribution in [0.2, 0.25) is 0 Å². The standard InChI is InChI=1S/C51H74N2O9/c1-5-8-9-10-11-12-13-14-15-20-32-59-50(57)53(28-6-2)47-36-45(52-58-4)43-34-39(23-16-18-29-54)42(25-17-19-30-55)48-44-35-41(61-40-24-21-22-38(33-40)37-56)26-27-46(44)62-51(47,49(43)48)60-31-7-3/h7,21-22,24,26-27,33-35,37,39,42,47-49,54-55H,3,5-6,8-20,23,25,28-32,36H2,1-2,4H3. The number of aliphatic hydroxyl groups is 2. The molecule has 0 spiro atoms. The molecule has 1 saturated carbocycles. The van der Waals surface area contributed by atoms with Crippen LogP contribution in [0, 0.1) is 17.8 Å². The molecule has 5 rings (SSSR count). The monoisotopic (exact) mass is 859 g/mol. The molecule has 2 aromatic rings. The summed E-state index contributed by atoms with van der Waals surface area (Å²) < 4.78 is 26.9. The van der Waals surface area contributed by atoms with E-state index in [1.807, 2.05) is 24.3 Å². The van der Waals surface area contributed by atoms with Crippen molar-refractivity contribution in [3.05, 3.63) is 77.9 Å². The van der Waals surface area contributed by atoms with Gasteiger partial charge in [0.1, 0.15) is 36.7 Å². The number of aliphatic hydroxyl groups excluding tert-OH is 2. The number of fused-ring (bicyclic) bond motifs is 2. The first kappa shape index (κ1) is 48.8. The first-order valence-corrected chi connectivity index (χ1v) is 23.7. The zero-order valence-electron chi connectivity index (χ0n) is 37.8. The van der Waals surface area contributed by atoms with Crippen molar-refractivity contribution in [2.24, 2.45) is 22.9 Å². The van der Waals surface area contributed by atoms with Crippen molar-refractivity contribution in [2.45, 2.75) is 147 Å². The minimum absolute atomic E-state index is 0.0717. The van der Waals surface area contributed by atoms with Crippen LogP contribution in [-0.2, 0) is 14.3 Å². The molecule has 1 aliphatic heterocycles. The fourth-order valence-corrected chi connectivity index (χ4v) is 10.1. The summed E-state index contributed by atoms with van der Waals surface area (Å²) in [5.74, 6) is -0.0355. The molecule has 6 atom stereocenters. The zero-order valence-corrected chi connectivity index (χ0v) is 37.8. The van der Waals surface area contributed by atoms with E-state index in [2.05, 4.69) is 31.7 Å². The van der Waals surface area contributed by atoms with Crippen LogP contribution in [-0.4, -0.2) is 85.1 Å². The number of carbonyl (C=O) groups excluding carboxylic acids is 2. The van der Waals surface area contributed by atoms with Gasteiger partial charge in [0, 0.05) is 43.2 Å². The van der Waals surface area contributed by atoms with E-state index in [1.165, 1.54) is 44.9 Å². The summed E-state index contributed by atoms with van der Waals surface area (Å²) in [7, 11) is 1.55. The topological polar surface area (TPSA) is 136 Å². The van der Waals surface area contributed by atoms with Gasteiger partial charge < -0.3 is 34.0 Å². The highest BCUT2D eigenvalue weighted by Gasteiger charge is 2.65. The fraction of sp³-hybridized carbons (Fsp3) is 0.627. The second-order valence-corrected chi connectivity index (χ2v) is 17.2. The van der Waals surface area contributed by atoms with Crippen molar-refractivity contribution < 1.29 is 43.6 Å². The number of benzene rings is 2. The molecule has 2 aromatic carbocycles. The third-order valence-corrected chi connectivity index (χ3v) is 12.9. The summed E-state index contributed by atoms with van der Waals surface area (Å²) in [4.78, 5) is 33.5. The molecule has 0 bridgehead atoms. The summed E-state index contributed by atoms with van der Waals surface area (Å²) in [6.07, 6.45) is 22.0. The Kier molecular flexibility index (Phi) is 20.3. The molecule has 342 valence electrons. The van der Waals surface area contributed by atoms with E-state index in [-0.39, 0.29) is 37.6 Å². The lowest BCUT2D eigenvalue weighted by Crippen LogP contribution is -2.70. The SMILES string of the molecule is C=CCOC12Oc3ccc(Oc4cccc(C=O)c4)cc3C3C(CCCCO)C(CCCCO)C=C(C(=NOC)CC1N(CCC)C(=O)OCCCCCCCCCCCC)C32. The van der Waals surface area contributed by atoms with E-state index < -0.39 is 23.8 Å². The van der Waals surface area contributed by atoms with E-state index in [9.17, 15) is 19.8 Å². The molecule has 3 aliphatic rings. The van der Waals surface area contributed by atoms with E-state index >= 15 is 0 Å². The van der Waals surface area contributed by atoms with Gasteiger partial charge in [0.2, 0.25) is 5.79 Å². The summed E-state index contributed by atoms with van der Waals surface area (Å²) in [5.41, 5.74) is 3.17. The Morgan fingerprint density at radius 1 is 0.903 bits per heavy atom. The van der Waals surface area contributed by atoms with Gasteiger partial charge >= 0.3 is 6.09 Å². The van der Waals surface area contributed by atoms with Crippen LogP contribution in [0.25, 0.3) is 0 Å². The zero-order chi connectivity index (χ0) is 44.2. The Morgan fingerprint density at radius 2 is 1.61 bits per heavy atom. The van der Waals surface area contributed by atoms with Gasteiger partial charge in [-0.2, -0.15) is 0 Å². The Morgan fingerprint density at radius 3 is 2.29 bits per heavy atom. The third kappa shape index (κ3) is 12.5. The molecule has 1 amide bonds. The number of nitrogens with zero attached hydrogens (tertiary/aromatic N) is 2. The number of hydrogen-bond acceptors (Lipinski definition) is 10. The number of allylic oxidation sites excluding steroid dienone is 1. The molecular weight excluding hydrogens is 785 g/mol. The molecule has 2 N–H and O–H groups in total. The number of unbranched alkanes of at least 4 members (excludes halogenated alkanes) is 11. The highest BCUT2D eigenvalue weighted by atomic mass is 16.7. The van der Waals surface area contributed by atoms with E-state index in [1.54, 1.807) is 36.3 Å². The third-order valence-electron chi connectivity index (χ3n) is 12.9. The van der Waals surface area contributed by atoms with Gasteiger partial charge in [0.05, 0.1) is 24.8 Å². The van der Waals surface area contributed by atoms with E-state index in [0.29, 0.717) is 61.6 Å². The Balaban J connectivity index is 1.55. The number of amides is 1. The Labute approximate surface area is 370 Å². The molecule has 0 saturated heterocycles. The van der Waals surface area contributed by atoms with Crippen LogP contribution in [0.4, 0.5) is 4.79 Å². The molecular formula is C51H74N2O9. The lowest BCUT2D eigenvalue weighted by molar-refractivity contribution is -0.255. The number of oxime groups is 1. The second kappa shape index (κ2) is 25.8. The van der Waals surface area contributed by atoms with Gasteiger partial charge in [0.25, 0.3) is 0 Å². The predicted octanol–water partition coefficient (Wildman–Crippen LogP) is 11.3. The second-order valence-electron chi connectivity index (χ2n) is 17.2. The van der Waals surface area contributed by atoms with Crippen molar-refractivity contribution in [3.8, 4) is 17.2 Å². The minimum Gasteiger partial charge on any atom is -0.459 e. The molecule has 11 heteroatoms. The molecule has 6 unspecified atom stereocenters. The first-order valence-electron chi connectivity index (χ1n) is 23.7. The van der Waals surface area contributed by atoms with Gasteiger partial charge in [-0.25, -0.2) is 4.79 Å². The van der Waals surface area contributed by atoms with Crippen LogP contribution in [0.3, 0.4) is 0 Å². The van der Waals surface area contributed by atoms with Crippen LogP contribution in [0.5, 0.6) is 17.2 Å². The molecule has 0 aromatic heterocycles. The van der Waals surface area contributed by atoms with Gasteiger partial charge in [0.15, 0.2) is 0 Å². The number of hydrogen-bond donors (Lipinski definition) is 2. The average Bonchev–Trinajstić information content (AvgIpc) is 3.28. The number of aldehydes is 1. The van der Waals surface area contributed by atoms with E-state index in [0.717, 1.165) is 68.1 Å². The quantitative estimate of drug-likeness (QED) is 0.0354. The van der Waals surface area contributed by atoms with E-state index in [4.69, 9.17) is 23.8 Å². The van der Waals surface area contributed by atoms with Crippen molar-refractivity contribution in [1.82, 2.24) is 4.90 Å². The van der Waals surface area contributed by atoms with Crippen molar-refractivity contribution in [1.29, 1.82) is 0 Å². The first-order chi connectivity index (χ1) is 30.4. The summed E-state index contributed by atoms with van der Waals surface area (Å²) in [6.45, 7) is 9.48. The normalized spacial score (nSPS) is 23.1. The van der Waals surface area contributed by atoms with Crippen LogP contribution >= 0.6 is 0 Å². The summed E-state index contributed by atoms with van der Waals surface area (Å²) in [6, 6.07) is 12.3. The lowest BCUT2D eigenvalue weighted by atomic mass is 9.55. The minimum atomic E-state index is -1.36. The van der Waals surface area contributed by atoms with Gasteiger partial charge in [-0.3, -0.25) is 9.69 Å². The molecule has 0 radical (unpaired) electrons. The maximum Gasteiger partial charge on any atom is 0.410 e. The average molecular weight is 859 g/mol. The largest absolute Gasteiger partial charge is 0.459 e. The highest BCUT2D eigenvalue weighted by molar-refractivity contribution is 6.03. The van der Waals surface area contributed by atoms with Crippen LogP contribution < -0.4 is 9.47 Å².